The van der Waals surface area contributed by atoms with Gasteiger partial charge in [-0.2, -0.15) is 0 Å². The highest BCUT2D eigenvalue weighted by atomic mass is 16.5. The first-order valence-corrected chi connectivity index (χ1v) is 12.5. The van der Waals surface area contributed by atoms with Gasteiger partial charge in [-0.3, -0.25) is 4.79 Å². The first-order chi connectivity index (χ1) is 18.0. The highest BCUT2D eigenvalue weighted by molar-refractivity contribution is 6.09. The Bertz CT molecular complexity index is 1540. The van der Waals surface area contributed by atoms with E-state index in [1.165, 1.54) is 0 Å². The van der Waals surface area contributed by atoms with E-state index < -0.39 is 0 Å². The van der Waals surface area contributed by atoms with Crippen molar-refractivity contribution < 1.29 is 9.53 Å². The summed E-state index contributed by atoms with van der Waals surface area (Å²) < 4.78 is 5.97. The molecule has 0 bridgehead atoms. The van der Waals surface area contributed by atoms with E-state index in [1.54, 1.807) is 0 Å². The molecule has 0 aliphatic rings. The molecule has 0 aliphatic heterocycles. The molecule has 0 atom stereocenters. The minimum Gasteiger partial charge on any atom is -0.489 e. The summed E-state index contributed by atoms with van der Waals surface area (Å²) in [5, 5.41) is 4.00. The fraction of sp³-hybridized carbons (Fsp3) is 0.152. The summed E-state index contributed by atoms with van der Waals surface area (Å²) in [6, 6.07) is 32.2. The number of fused-ring (bicyclic) bond motifs is 1. The summed E-state index contributed by atoms with van der Waals surface area (Å²) in [6.07, 6.45) is 0. The number of benzene rings is 4. The number of hydrogen-bond donors (Lipinski definition) is 1. The number of amides is 1. The predicted octanol–water partition coefficient (Wildman–Crippen LogP) is 7.34. The number of aromatic nitrogens is 1. The number of ether oxygens (including phenoxy) is 1. The van der Waals surface area contributed by atoms with Gasteiger partial charge in [0.15, 0.2) is 0 Å². The molecule has 0 spiro atoms. The van der Waals surface area contributed by atoms with Crippen molar-refractivity contribution in [2.24, 2.45) is 0 Å². The van der Waals surface area contributed by atoms with Gasteiger partial charge >= 0.3 is 0 Å². The zero-order valence-electron chi connectivity index (χ0n) is 21.4. The van der Waals surface area contributed by atoms with Gasteiger partial charge in [0.2, 0.25) is 0 Å². The van der Waals surface area contributed by atoms with Crippen molar-refractivity contribution in [2.45, 2.75) is 33.9 Å². The molecule has 0 saturated carbocycles. The summed E-state index contributed by atoms with van der Waals surface area (Å²) in [5.41, 5.74) is 8.48. The first-order valence-electron chi connectivity index (χ1n) is 12.5. The van der Waals surface area contributed by atoms with Crippen molar-refractivity contribution >= 4 is 16.8 Å². The lowest BCUT2D eigenvalue weighted by atomic mass is 9.94. The standard InChI is InChI=1S/C33H30N2O2/c1-22-18-23(2)31-29(19-22)30(33(36)34-20-25-10-6-4-7-11-25)24(3)32(35-31)27-14-16-28(17-15-27)37-21-26-12-8-5-9-13-26/h4-19H,20-21H2,1-3H3,(H,34,36). The second-order valence-corrected chi connectivity index (χ2v) is 9.41. The highest BCUT2D eigenvalue weighted by Crippen LogP contribution is 2.32. The largest absolute Gasteiger partial charge is 0.489 e. The third-order valence-corrected chi connectivity index (χ3v) is 6.57. The smallest absolute Gasteiger partial charge is 0.252 e. The Balaban J connectivity index is 1.49. The molecule has 5 rings (SSSR count). The summed E-state index contributed by atoms with van der Waals surface area (Å²) in [4.78, 5) is 18.6. The molecule has 0 unspecified atom stereocenters. The highest BCUT2D eigenvalue weighted by Gasteiger charge is 2.20. The van der Waals surface area contributed by atoms with Crippen LogP contribution in [0.5, 0.6) is 5.75 Å². The first kappa shape index (κ1) is 24.3. The molecule has 0 saturated heterocycles. The fourth-order valence-corrected chi connectivity index (χ4v) is 4.71. The van der Waals surface area contributed by atoms with Crippen LogP contribution in [0.4, 0.5) is 0 Å². The molecule has 0 aliphatic carbocycles. The van der Waals surface area contributed by atoms with Crippen LogP contribution >= 0.6 is 0 Å². The number of pyridine rings is 1. The van der Waals surface area contributed by atoms with Crippen LogP contribution in [0.25, 0.3) is 22.2 Å². The molecule has 5 aromatic rings. The normalized spacial score (nSPS) is 10.9. The van der Waals surface area contributed by atoms with Gasteiger partial charge in [-0.1, -0.05) is 72.3 Å². The third-order valence-electron chi connectivity index (χ3n) is 6.57. The number of nitrogens with zero attached hydrogens (tertiary/aromatic N) is 1. The van der Waals surface area contributed by atoms with Crippen LogP contribution in [-0.2, 0) is 13.2 Å². The van der Waals surface area contributed by atoms with Crippen LogP contribution in [0, 0.1) is 20.8 Å². The monoisotopic (exact) mass is 486 g/mol. The summed E-state index contributed by atoms with van der Waals surface area (Å²) >= 11 is 0. The Kier molecular flexibility index (Phi) is 7.00. The molecular formula is C33H30N2O2. The lowest BCUT2D eigenvalue weighted by molar-refractivity contribution is 0.0952. The lowest BCUT2D eigenvalue weighted by Crippen LogP contribution is -2.24. The van der Waals surface area contributed by atoms with E-state index >= 15 is 0 Å². The zero-order chi connectivity index (χ0) is 25.8. The second-order valence-electron chi connectivity index (χ2n) is 9.41. The lowest BCUT2D eigenvalue weighted by Gasteiger charge is -2.17. The number of aryl methyl sites for hydroxylation is 2. The molecule has 0 radical (unpaired) electrons. The fourth-order valence-electron chi connectivity index (χ4n) is 4.71. The molecule has 1 amide bonds. The average Bonchev–Trinajstić information content (AvgIpc) is 2.92. The summed E-state index contributed by atoms with van der Waals surface area (Å²) in [5.74, 6) is 0.696. The van der Waals surface area contributed by atoms with Gasteiger partial charge in [-0.25, -0.2) is 4.98 Å². The quantitative estimate of drug-likeness (QED) is 0.262. The third kappa shape index (κ3) is 5.39. The van der Waals surface area contributed by atoms with Gasteiger partial charge in [0.25, 0.3) is 5.91 Å². The van der Waals surface area contributed by atoms with E-state index in [0.717, 1.165) is 55.7 Å². The van der Waals surface area contributed by atoms with Crippen LogP contribution in [0.3, 0.4) is 0 Å². The van der Waals surface area contributed by atoms with Gasteiger partial charge < -0.3 is 10.1 Å². The Morgan fingerprint density at radius 2 is 1.46 bits per heavy atom. The Morgan fingerprint density at radius 1 is 0.811 bits per heavy atom. The molecule has 37 heavy (non-hydrogen) atoms. The molecule has 184 valence electrons. The minimum absolute atomic E-state index is 0.0946. The van der Waals surface area contributed by atoms with E-state index in [0.29, 0.717) is 18.7 Å². The van der Waals surface area contributed by atoms with Crippen molar-refractivity contribution in [3.8, 4) is 17.0 Å². The van der Waals surface area contributed by atoms with Gasteiger partial charge in [0.1, 0.15) is 12.4 Å². The van der Waals surface area contributed by atoms with E-state index in [2.05, 4.69) is 24.4 Å². The van der Waals surface area contributed by atoms with Crippen LogP contribution in [0.15, 0.2) is 97.1 Å². The number of rotatable bonds is 7. The molecule has 1 heterocycles. The predicted molar refractivity (Wildman–Crippen MR) is 150 cm³/mol. The Morgan fingerprint density at radius 3 is 2.14 bits per heavy atom. The zero-order valence-corrected chi connectivity index (χ0v) is 21.4. The van der Waals surface area contributed by atoms with Crippen molar-refractivity contribution in [2.75, 3.05) is 0 Å². The number of carbonyl (C=O) groups excluding carboxylic acids is 1. The average molecular weight is 487 g/mol. The van der Waals surface area contributed by atoms with E-state index in [9.17, 15) is 4.79 Å². The molecule has 0 fully saturated rings. The van der Waals surface area contributed by atoms with Crippen molar-refractivity contribution in [3.63, 3.8) is 0 Å². The maximum Gasteiger partial charge on any atom is 0.252 e. The molecule has 4 heteroatoms. The van der Waals surface area contributed by atoms with Gasteiger partial charge in [0.05, 0.1) is 16.8 Å². The van der Waals surface area contributed by atoms with Crippen LogP contribution < -0.4 is 10.1 Å². The molecular weight excluding hydrogens is 456 g/mol. The van der Waals surface area contributed by atoms with Gasteiger partial charge in [-0.15, -0.1) is 0 Å². The molecule has 1 aromatic heterocycles. The maximum atomic E-state index is 13.6. The second kappa shape index (κ2) is 10.7. The van der Waals surface area contributed by atoms with Crippen molar-refractivity contribution in [1.82, 2.24) is 10.3 Å². The van der Waals surface area contributed by atoms with Crippen LogP contribution in [0.1, 0.15) is 38.2 Å². The van der Waals surface area contributed by atoms with Crippen molar-refractivity contribution in [1.29, 1.82) is 0 Å². The van der Waals surface area contributed by atoms with E-state index in [4.69, 9.17) is 9.72 Å². The molecule has 4 nitrogen and oxygen atoms in total. The summed E-state index contributed by atoms with van der Waals surface area (Å²) in [7, 11) is 0. The van der Waals surface area contributed by atoms with Gasteiger partial charge in [-0.05, 0) is 73.4 Å². The van der Waals surface area contributed by atoms with E-state index in [-0.39, 0.29) is 5.91 Å². The van der Waals surface area contributed by atoms with Crippen molar-refractivity contribution in [3.05, 3.63) is 130 Å². The Hall–Kier alpha value is -4.44. The minimum atomic E-state index is -0.0946. The Labute approximate surface area is 218 Å². The summed E-state index contributed by atoms with van der Waals surface area (Å²) in [6.45, 7) is 7.06. The van der Waals surface area contributed by atoms with E-state index in [1.807, 2.05) is 98.8 Å². The maximum absolute atomic E-state index is 13.6. The van der Waals surface area contributed by atoms with Crippen LogP contribution in [0.2, 0.25) is 0 Å². The number of nitrogens with one attached hydrogen (secondary N) is 1. The molecule has 4 aromatic carbocycles. The molecule has 1 N–H and O–H groups in total. The topological polar surface area (TPSA) is 51.2 Å². The number of hydrogen-bond acceptors (Lipinski definition) is 3. The van der Waals surface area contributed by atoms with Crippen LogP contribution in [-0.4, -0.2) is 10.9 Å². The number of carbonyl (C=O) groups is 1. The SMILES string of the molecule is Cc1cc(C)c2nc(-c3ccc(OCc4ccccc4)cc3)c(C)c(C(=O)NCc3ccccc3)c2c1. The van der Waals surface area contributed by atoms with Gasteiger partial charge in [0, 0.05) is 17.5 Å².